The van der Waals surface area contributed by atoms with Gasteiger partial charge in [0.25, 0.3) is 5.91 Å². The van der Waals surface area contributed by atoms with Crippen molar-refractivity contribution in [2.45, 2.75) is 40.0 Å². The van der Waals surface area contributed by atoms with E-state index in [1.165, 1.54) is 6.92 Å². The quantitative estimate of drug-likeness (QED) is 0.379. The summed E-state index contributed by atoms with van der Waals surface area (Å²) < 4.78 is 10.1. The highest BCUT2D eigenvalue weighted by Gasteiger charge is 2.11. The van der Waals surface area contributed by atoms with E-state index in [-0.39, 0.29) is 37.0 Å². The molecule has 0 aliphatic carbocycles. The number of amides is 3. The molecule has 0 aliphatic heterocycles. The molecule has 0 aromatic heterocycles. The molecule has 0 aliphatic rings. The molecule has 0 saturated heterocycles. The molecule has 36 heavy (non-hydrogen) atoms. The Morgan fingerprint density at radius 1 is 0.722 bits per heavy atom. The number of nitrogens with one attached hydrogen (secondary N) is 3. The molecule has 2 rings (SSSR count). The molecule has 10 nitrogen and oxygen atoms in total. The number of ether oxygens (including phenoxy) is 2. The minimum absolute atomic E-state index is 0.0211. The van der Waals surface area contributed by atoms with Crippen LogP contribution in [0.1, 0.15) is 50.4 Å². The Morgan fingerprint density at radius 2 is 1.25 bits per heavy atom. The Hall–Kier alpha value is -4.21. The van der Waals surface area contributed by atoms with Crippen LogP contribution in [0.4, 0.5) is 17.1 Å². The first-order valence-corrected chi connectivity index (χ1v) is 11.5. The SMILES string of the molecule is CC(=O)Nc1ccc(NC(=O)COC(=O)CCCC(=O)Nc2ccc(C(=O)OCC(C)C)cc2)cc1. The molecule has 2 aromatic carbocycles. The number of anilines is 3. The van der Waals surface area contributed by atoms with Gasteiger partial charge in [-0.2, -0.15) is 0 Å². The predicted molar refractivity (Wildman–Crippen MR) is 134 cm³/mol. The summed E-state index contributed by atoms with van der Waals surface area (Å²) >= 11 is 0. The summed E-state index contributed by atoms with van der Waals surface area (Å²) in [7, 11) is 0. The molecule has 0 saturated carbocycles. The van der Waals surface area contributed by atoms with Crippen LogP contribution in [0.15, 0.2) is 48.5 Å². The molecule has 0 bridgehead atoms. The Bertz CT molecular complexity index is 1060. The monoisotopic (exact) mass is 497 g/mol. The second-order valence-electron chi connectivity index (χ2n) is 8.44. The molecule has 0 spiro atoms. The lowest BCUT2D eigenvalue weighted by Gasteiger charge is -2.09. The van der Waals surface area contributed by atoms with Crippen molar-refractivity contribution >= 4 is 46.7 Å². The third-order valence-corrected chi connectivity index (χ3v) is 4.59. The molecule has 3 N–H and O–H groups in total. The predicted octanol–water partition coefficient (Wildman–Crippen LogP) is 3.75. The minimum Gasteiger partial charge on any atom is -0.462 e. The fourth-order valence-electron chi connectivity index (χ4n) is 2.89. The van der Waals surface area contributed by atoms with E-state index in [2.05, 4.69) is 16.0 Å². The number of carbonyl (C=O) groups excluding carboxylic acids is 5. The zero-order valence-electron chi connectivity index (χ0n) is 20.6. The number of benzene rings is 2. The van der Waals surface area contributed by atoms with Gasteiger partial charge in [-0.05, 0) is 60.9 Å². The topological polar surface area (TPSA) is 140 Å². The molecular weight excluding hydrogens is 466 g/mol. The lowest BCUT2D eigenvalue weighted by Crippen LogP contribution is -2.21. The normalized spacial score (nSPS) is 10.3. The van der Waals surface area contributed by atoms with E-state index in [0.717, 1.165) is 0 Å². The largest absolute Gasteiger partial charge is 0.462 e. The van der Waals surface area contributed by atoms with Crippen molar-refractivity contribution in [3.8, 4) is 0 Å². The highest BCUT2D eigenvalue weighted by molar-refractivity contribution is 5.94. The smallest absolute Gasteiger partial charge is 0.338 e. The second-order valence-corrected chi connectivity index (χ2v) is 8.44. The van der Waals surface area contributed by atoms with Crippen molar-refractivity contribution in [1.82, 2.24) is 0 Å². The molecule has 0 atom stereocenters. The van der Waals surface area contributed by atoms with E-state index < -0.39 is 24.5 Å². The van der Waals surface area contributed by atoms with Gasteiger partial charge in [0.1, 0.15) is 0 Å². The van der Waals surface area contributed by atoms with Gasteiger partial charge in [0, 0.05) is 36.8 Å². The van der Waals surface area contributed by atoms with Gasteiger partial charge in [0.2, 0.25) is 11.8 Å². The van der Waals surface area contributed by atoms with Crippen LogP contribution < -0.4 is 16.0 Å². The van der Waals surface area contributed by atoms with Crippen molar-refractivity contribution in [3.05, 3.63) is 54.1 Å². The summed E-state index contributed by atoms with van der Waals surface area (Å²) in [6.07, 6.45) is 0.309. The Balaban J connectivity index is 1.64. The standard InChI is InChI=1S/C26H31N3O7/c1-17(2)15-36-26(34)19-7-9-21(10-8-19)28-23(31)5-4-6-25(33)35-16-24(32)29-22-13-11-20(12-14-22)27-18(3)30/h7-14,17H,4-6,15-16H2,1-3H3,(H,27,30)(H,28,31)(H,29,32). The number of hydrogen-bond donors (Lipinski definition) is 3. The average Bonchev–Trinajstić information content (AvgIpc) is 2.82. The Labute approximate surface area is 209 Å². The van der Waals surface area contributed by atoms with Crippen molar-refractivity contribution in [1.29, 1.82) is 0 Å². The summed E-state index contributed by atoms with van der Waals surface area (Å²) in [5, 5.41) is 7.89. The molecular formula is C26H31N3O7. The first-order valence-electron chi connectivity index (χ1n) is 11.5. The summed E-state index contributed by atoms with van der Waals surface area (Å²) in [5.41, 5.74) is 1.99. The van der Waals surface area contributed by atoms with Crippen LogP contribution in [-0.4, -0.2) is 42.9 Å². The van der Waals surface area contributed by atoms with E-state index in [9.17, 15) is 24.0 Å². The van der Waals surface area contributed by atoms with E-state index >= 15 is 0 Å². The summed E-state index contributed by atoms with van der Waals surface area (Å²) in [5.74, 6) is -1.78. The lowest BCUT2D eigenvalue weighted by atomic mass is 10.2. The highest BCUT2D eigenvalue weighted by Crippen LogP contribution is 2.14. The zero-order chi connectivity index (χ0) is 26.5. The van der Waals surface area contributed by atoms with Gasteiger partial charge in [-0.15, -0.1) is 0 Å². The van der Waals surface area contributed by atoms with Gasteiger partial charge in [-0.1, -0.05) is 13.8 Å². The maximum atomic E-state index is 12.1. The van der Waals surface area contributed by atoms with E-state index in [1.54, 1.807) is 48.5 Å². The van der Waals surface area contributed by atoms with E-state index in [0.29, 0.717) is 29.2 Å². The molecule has 192 valence electrons. The van der Waals surface area contributed by atoms with E-state index in [4.69, 9.17) is 9.47 Å². The van der Waals surface area contributed by atoms with Gasteiger partial charge in [-0.3, -0.25) is 19.2 Å². The van der Waals surface area contributed by atoms with Crippen LogP contribution in [0.2, 0.25) is 0 Å². The van der Waals surface area contributed by atoms with Gasteiger partial charge in [0.15, 0.2) is 6.61 Å². The number of hydrogen-bond acceptors (Lipinski definition) is 7. The van der Waals surface area contributed by atoms with Crippen molar-refractivity contribution in [3.63, 3.8) is 0 Å². The van der Waals surface area contributed by atoms with Gasteiger partial charge < -0.3 is 25.4 Å². The van der Waals surface area contributed by atoms with Crippen LogP contribution in [0.3, 0.4) is 0 Å². The fraction of sp³-hybridized carbons (Fsp3) is 0.346. The summed E-state index contributed by atoms with van der Waals surface area (Å²) in [6, 6.07) is 12.8. The van der Waals surface area contributed by atoms with E-state index in [1.807, 2.05) is 13.8 Å². The highest BCUT2D eigenvalue weighted by atomic mass is 16.5. The Kier molecular flexibility index (Phi) is 11.1. The van der Waals surface area contributed by atoms with Crippen molar-refractivity contribution < 1.29 is 33.4 Å². The summed E-state index contributed by atoms with van der Waals surface area (Å²) in [6.45, 7) is 5.16. The lowest BCUT2D eigenvalue weighted by molar-refractivity contribution is -0.147. The van der Waals surface area contributed by atoms with Crippen molar-refractivity contribution in [2.75, 3.05) is 29.2 Å². The fourth-order valence-corrected chi connectivity index (χ4v) is 2.89. The third-order valence-electron chi connectivity index (χ3n) is 4.59. The molecule has 0 fully saturated rings. The van der Waals surface area contributed by atoms with Crippen LogP contribution in [0.25, 0.3) is 0 Å². The van der Waals surface area contributed by atoms with Crippen molar-refractivity contribution in [2.24, 2.45) is 5.92 Å². The molecule has 0 unspecified atom stereocenters. The van der Waals surface area contributed by atoms with Gasteiger partial charge >= 0.3 is 11.9 Å². The Morgan fingerprint density at radius 3 is 1.81 bits per heavy atom. The maximum absolute atomic E-state index is 12.1. The molecule has 0 radical (unpaired) electrons. The second kappa shape index (κ2) is 14.2. The minimum atomic E-state index is -0.594. The van der Waals surface area contributed by atoms with Crippen LogP contribution >= 0.6 is 0 Å². The van der Waals surface area contributed by atoms with Crippen LogP contribution in [0.5, 0.6) is 0 Å². The molecule has 10 heteroatoms. The number of esters is 2. The maximum Gasteiger partial charge on any atom is 0.338 e. The molecule has 2 aromatic rings. The van der Waals surface area contributed by atoms with Crippen LogP contribution in [0, 0.1) is 5.92 Å². The third kappa shape index (κ3) is 10.8. The van der Waals surface area contributed by atoms with Crippen LogP contribution in [-0.2, 0) is 28.7 Å². The molecule has 3 amide bonds. The number of carbonyl (C=O) groups is 5. The first kappa shape index (κ1) is 28.0. The molecule has 0 heterocycles. The zero-order valence-corrected chi connectivity index (χ0v) is 20.6. The summed E-state index contributed by atoms with van der Waals surface area (Å²) in [4.78, 5) is 58.9. The number of rotatable bonds is 12. The van der Waals surface area contributed by atoms with Gasteiger partial charge in [0.05, 0.1) is 12.2 Å². The van der Waals surface area contributed by atoms with Gasteiger partial charge in [-0.25, -0.2) is 4.79 Å². The first-order chi connectivity index (χ1) is 17.1. The average molecular weight is 498 g/mol.